The molecular formula is C20H31IN4O2S2. The van der Waals surface area contributed by atoms with E-state index in [4.69, 9.17) is 0 Å². The minimum Gasteiger partial charge on any atom is -0.357 e. The molecule has 0 fully saturated rings. The van der Waals surface area contributed by atoms with Gasteiger partial charge in [-0.15, -0.1) is 35.3 Å². The van der Waals surface area contributed by atoms with Crippen molar-refractivity contribution in [2.45, 2.75) is 32.7 Å². The molecule has 0 amide bonds. The average molecular weight is 551 g/mol. The number of nitrogens with one attached hydrogen (secondary N) is 3. The lowest BCUT2D eigenvalue weighted by Crippen LogP contribution is -2.41. The molecule has 0 unspecified atom stereocenters. The molecule has 162 valence electrons. The van der Waals surface area contributed by atoms with E-state index >= 15 is 0 Å². The van der Waals surface area contributed by atoms with Crippen LogP contribution in [-0.2, 0) is 22.0 Å². The van der Waals surface area contributed by atoms with E-state index in [-0.39, 0.29) is 41.7 Å². The predicted octanol–water partition coefficient (Wildman–Crippen LogP) is 3.32. The molecule has 0 bridgehead atoms. The summed E-state index contributed by atoms with van der Waals surface area (Å²) in [5.74, 6) is 0.615. The van der Waals surface area contributed by atoms with Gasteiger partial charge in [0.2, 0.25) is 10.0 Å². The molecule has 0 atom stereocenters. The van der Waals surface area contributed by atoms with Gasteiger partial charge in [0.15, 0.2) is 5.96 Å². The first-order valence-electron chi connectivity index (χ1n) is 9.40. The highest BCUT2D eigenvalue weighted by atomic mass is 127. The summed E-state index contributed by atoms with van der Waals surface area (Å²) < 4.78 is 27.0. The van der Waals surface area contributed by atoms with Crippen LogP contribution in [0.4, 0.5) is 0 Å². The zero-order valence-corrected chi connectivity index (χ0v) is 21.1. The van der Waals surface area contributed by atoms with Gasteiger partial charge in [-0.25, -0.2) is 13.1 Å². The van der Waals surface area contributed by atoms with Crippen LogP contribution < -0.4 is 15.4 Å². The first-order valence-corrected chi connectivity index (χ1v) is 11.9. The molecular weight excluding hydrogens is 519 g/mol. The molecule has 0 aliphatic heterocycles. The number of hydrogen-bond acceptors (Lipinski definition) is 4. The van der Waals surface area contributed by atoms with Crippen molar-refractivity contribution in [2.75, 3.05) is 25.4 Å². The summed E-state index contributed by atoms with van der Waals surface area (Å²) in [7, 11) is -3.36. The van der Waals surface area contributed by atoms with Gasteiger partial charge >= 0.3 is 0 Å². The molecule has 29 heavy (non-hydrogen) atoms. The number of thiophene rings is 1. The van der Waals surface area contributed by atoms with Crippen LogP contribution in [0, 0.1) is 0 Å². The number of aliphatic imine (C=N–C) groups is 1. The molecule has 0 saturated heterocycles. The standard InChI is InChI=1S/C20H30N4O2S2.HI/c1-4-21-19(23-16-20(2,3)18-11-8-13-27-18)22-12-14-28(25,26)24-15-17-9-6-5-7-10-17;/h5-11,13,24H,4,12,14-16H2,1-3H3,(H2,21,22,23);1H. The Morgan fingerprint density at radius 3 is 2.45 bits per heavy atom. The maximum Gasteiger partial charge on any atom is 0.213 e. The monoisotopic (exact) mass is 550 g/mol. The summed E-state index contributed by atoms with van der Waals surface area (Å²) in [6.07, 6.45) is 0. The smallest absolute Gasteiger partial charge is 0.213 e. The number of halogens is 1. The van der Waals surface area contributed by atoms with Crippen LogP contribution in [0.5, 0.6) is 0 Å². The molecule has 2 rings (SSSR count). The van der Waals surface area contributed by atoms with Crippen LogP contribution >= 0.6 is 35.3 Å². The fourth-order valence-corrected chi connectivity index (χ4v) is 4.27. The Labute approximate surface area is 195 Å². The second kappa shape index (κ2) is 12.5. The minimum atomic E-state index is -3.36. The van der Waals surface area contributed by atoms with Gasteiger partial charge in [-0.1, -0.05) is 50.2 Å². The summed E-state index contributed by atoms with van der Waals surface area (Å²) >= 11 is 1.72. The van der Waals surface area contributed by atoms with Crippen molar-refractivity contribution in [3.05, 3.63) is 58.3 Å². The van der Waals surface area contributed by atoms with Crippen LogP contribution in [0.15, 0.2) is 52.8 Å². The van der Waals surface area contributed by atoms with Crippen molar-refractivity contribution in [3.63, 3.8) is 0 Å². The quantitative estimate of drug-likeness (QED) is 0.241. The second-order valence-electron chi connectivity index (χ2n) is 7.11. The molecule has 6 nitrogen and oxygen atoms in total. The second-order valence-corrected chi connectivity index (χ2v) is 9.98. The maximum atomic E-state index is 12.2. The Hall–Kier alpha value is -1.17. The highest BCUT2D eigenvalue weighted by Gasteiger charge is 2.21. The molecule has 2 aromatic rings. The Kier molecular flexibility index (Phi) is 11.2. The topological polar surface area (TPSA) is 82.6 Å². The molecule has 0 aliphatic carbocycles. The summed E-state index contributed by atoms with van der Waals surface area (Å²) in [5, 5.41) is 8.35. The van der Waals surface area contributed by atoms with E-state index in [2.05, 4.69) is 45.6 Å². The zero-order valence-electron chi connectivity index (χ0n) is 17.1. The molecule has 1 aromatic heterocycles. The van der Waals surface area contributed by atoms with E-state index in [1.54, 1.807) is 11.3 Å². The van der Waals surface area contributed by atoms with Crippen LogP contribution in [0.3, 0.4) is 0 Å². The molecule has 0 radical (unpaired) electrons. The first kappa shape index (κ1) is 25.9. The maximum absolute atomic E-state index is 12.2. The van der Waals surface area contributed by atoms with Crippen molar-refractivity contribution < 1.29 is 8.42 Å². The summed E-state index contributed by atoms with van der Waals surface area (Å²) in [4.78, 5) is 5.92. The molecule has 0 aliphatic rings. The minimum absolute atomic E-state index is 0. The number of guanidine groups is 1. The number of hydrogen-bond donors (Lipinski definition) is 3. The third-order valence-corrected chi connectivity index (χ3v) is 6.73. The largest absolute Gasteiger partial charge is 0.357 e. The lowest BCUT2D eigenvalue weighted by atomic mass is 9.92. The normalized spacial score (nSPS) is 12.3. The predicted molar refractivity (Wildman–Crippen MR) is 134 cm³/mol. The van der Waals surface area contributed by atoms with Gasteiger partial charge in [0.05, 0.1) is 12.3 Å². The summed E-state index contributed by atoms with van der Waals surface area (Å²) in [6.45, 7) is 8.21. The van der Waals surface area contributed by atoms with Crippen molar-refractivity contribution in [3.8, 4) is 0 Å². The third kappa shape index (κ3) is 9.45. The summed E-state index contributed by atoms with van der Waals surface area (Å²) in [5.41, 5.74) is 0.865. The Morgan fingerprint density at radius 2 is 1.83 bits per heavy atom. The molecule has 3 N–H and O–H groups in total. The first-order chi connectivity index (χ1) is 13.3. The fourth-order valence-electron chi connectivity index (χ4n) is 2.53. The summed E-state index contributed by atoms with van der Waals surface area (Å²) in [6, 6.07) is 13.6. The highest BCUT2D eigenvalue weighted by molar-refractivity contribution is 14.0. The van der Waals surface area contributed by atoms with Crippen molar-refractivity contribution >= 4 is 51.3 Å². The third-order valence-electron chi connectivity index (χ3n) is 4.17. The van der Waals surface area contributed by atoms with Gasteiger partial charge in [-0.05, 0) is 23.9 Å². The van der Waals surface area contributed by atoms with Crippen LogP contribution in [0.1, 0.15) is 31.2 Å². The lowest BCUT2D eigenvalue weighted by molar-refractivity contribution is 0.548. The van der Waals surface area contributed by atoms with Gasteiger partial charge in [-0.2, -0.15) is 0 Å². The number of rotatable bonds is 10. The van der Waals surface area contributed by atoms with E-state index in [1.165, 1.54) is 4.88 Å². The van der Waals surface area contributed by atoms with E-state index in [9.17, 15) is 8.42 Å². The van der Waals surface area contributed by atoms with Gasteiger partial charge in [0, 0.05) is 29.9 Å². The Balaban J connectivity index is 0.00000420. The van der Waals surface area contributed by atoms with Crippen LogP contribution in [0.25, 0.3) is 0 Å². The van der Waals surface area contributed by atoms with Crippen LogP contribution in [-0.4, -0.2) is 39.8 Å². The molecule has 9 heteroatoms. The van der Waals surface area contributed by atoms with Crippen molar-refractivity contribution in [1.82, 2.24) is 15.4 Å². The molecule has 0 spiro atoms. The highest BCUT2D eigenvalue weighted by Crippen LogP contribution is 2.27. The van der Waals surface area contributed by atoms with Crippen LogP contribution in [0.2, 0.25) is 0 Å². The Morgan fingerprint density at radius 1 is 1.10 bits per heavy atom. The van der Waals surface area contributed by atoms with Gasteiger partial charge < -0.3 is 10.6 Å². The van der Waals surface area contributed by atoms with E-state index in [1.807, 2.05) is 43.3 Å². The van der Waals surface area contributed by atoms with Gasteiger partial charge in [-0.3, -0.25) is 4.99 Å². The van der Waals surface area contributed by atoms with E-state index in [0.717, 1.165) is 5.56 Å². The molecule has 1 heterocycles. The van der Waals surface area contributed by atoms with Gasteiger partial charge in [0.1, 0.15) is 0 Å². The Bertz CT molecular complexity index is 839. The molecule has 1 aromatic carbocycles. The van der Waals surface area contributed by atoms with Crippen molar-refractivity contribution in [1.29, 1.82) is 0 Å². The molecule has 0 saturated carbocycles. The average Bonchev–Trinajstić information content (AvgIpc) is 3.21. The zero-order chi connectivity index (χ0) is 20.5. The van der Waals surface area contributed by atoms with E-state index < -0.39 is 10.0 Å². The number of sulfonamides is 1. The van der Waals surface area contributed by atoms with Gasteiger partial charge in [0.25, 0.3) is 0 Å². The SMILES string of the molecule is CCNC(=NCC(C)(C)c1cccs1)NCCS(=O)(=O)NCc1ccccc1.I. The number of nitrogens with zero attached hydrogens (tertiary/aromatic N) is 1. The number of benzene rings is 1. The lowest BCUT2D eigenvalue weighted by Gasteiger charge is -2.21. The fraction of sp³-hybridized carbons (Fsp3) is 0.450. The van der Waals surface area contributed by atoms with Crippen molar-refractivity contribution in [2.24, 2.45) is 4.99 Å². The van der Waals surface area contributed by atoms with E-state index in [0.29, 0.717) is 25.6 Å².